The Balaban J connectivity index is 2.19. The number of benzene rings is 2. The first-order valence-corrected chi connectivity index (χ1v) is 7.37. The smallest absolute Gasteiger partial charge is 0.131 e. The highest BCUT2D eigenvalue weighted by molar-refractivity contribution is 7.99. The molecule has 1 nitrogen and oxygen atoms in total. The molecule has 0 saturated heterocycles. The molecule has 0 radical (unpaired) electrons. The van der Waals surface area contributed by atoms with Gasteiger partial charge in [-0.2, -0.15) is 0 Å². The number of hydrogen-bond donors (Lipinski definition) is 0. The van der Waals surface area contributed by atoms with Crippen LogP contribution in [0.3, 0.4) is 0 Å². The van der Waals surface area contributed by atoms with Crippen molar-refractivity contribution >= 4 is 29.1 Å². The van der Waals surface area contributed by atoms with Crippen molar-refractivity contribution in [2.24, 2.45) is 0 Å². The van der Waals surface area contributed by atoms with Gasteiger partial charge >= 0.3 is 0 Å². The van der Waals surface area contributed by atoms with Crippen LogP contribution < -0.4 is 0 Å². The number of carbonyl (C=O) groups excluding carboxylic acids is 1. The number of hydrogen-bond acceptors (Lipinski definition) is 2. The van der Waals surface area contributed by atoms with Gasteiger partial charge in [-0.15, -0.1) is 11.8 Å². The molecule has 0 unspecified atom stereocenters. The predicted octanol–water partition coefficient (Wildman–Crippen LogP) is 5.15. The Hall–Kier alpha value is -1.25. The molecule has 0 spiro atoms. The summed E-state index contributed by atoms with van der Waals surface area (Å²) in [5.41, 5.74) is 1.18. The first-order chi connectivity index (χ1) is 9.15. The van der Waals surface area contributed by atoms with Crippen molar-refractivity contribution in [3.8, 4) is 0 Å². The number of halogens is 1. The van der Waals surface area contributed by atoms with Crippen molar-refractivity contribution in [2.75, 3.05) is 0 Å². The average molecular weight is 291 g/mol. The first kappa shape index (κ1) is 14.2. The van der Waals surface area contributed by atoms with E-state index < -0.39 is 0 Å². The van der Waals surface area contributed by atoms with Gasteiger partial charge in [0.05, 0.1) is 0 Å². The van der Waals surface area contributed by atoms with E-state index in [1.807, 2.05) is 42.5 Å². The topological polar surface area (TPSA) is 17.1 Å². The van der Waals surface area contributed by atoms with Crippen LogP contribution in [0.4, 0.5) is 0 Å². The summed E-state index contributed by atoms with van der Waals surface area (Å²) in [6.07, 6.45) is 0.539. The molecular weight excluding hydrogens is 276 g/mol. The van der Waals surface area contributed by atoms with Crippen molar-refractivity contribution in [3.05, 3.63) is 65.2 Å². The van der Waals surface area contributed by atoms with Gasteiger partial charge in [-0.1, -0.05) is 41.9 Å². The van der Waals surface area contributed by atoms with Crippen molar-refractivity contribution < 1.29 is 4.79 Å². The number of ketones is 1. The van der Waals surface area contributed by atoms with Gasteiger partial charge in [-0.25, -0.2) is 0 Å². The van der Waals surface area contributed by atoms with E-state index in [2.05, 4.69) is 12.1 Å². The Morgan fingerprint density at radius 1 is 1.11 bits per heavy atom. The van der Waals surface area contributed by atoms with E-state index in [0.717, 1.165) is 9.92 Å². The van der Waals surface area contributed by atoms with Crippen LogP contribution in [0.5, 0.6) is 0 Å². The fraction of sp³-hybridized carbons (Fsp3) is 0.188. The van der Waals surface area contributed by atoms with E-state index in [9.17, 15) is 4.79 Å². The molecule has 0 fully saturated rings. The Kier molecular flexibility index (Phi) is 5.06. The minimum Gasteiger partial charge on any atom is -0.300 e. The lowest BCUT2D eigenvalue weighted by Crippen LogP contribution is -2.00. The SMILES string of the molecule is CC(=O)C[C@@H](Sc1ccc(Cl)cc1)c1ccccc1. The molecule has 19 heavy (non-hydrogen) atoms. The van der Waals surface area contributed by atoms with Crippen LogP contribution in [-0.2, 0) is 4.79 Å². The first-order valence-electron chi connectivity index (χ1n) is 6.12. The molecule has 0 saturated carbocycles. The van der Waals surface area contributed by atoms with Crippen LogP contribution in [0.1, 0.15) is 24.2 Å². The highest BCUT2D eigenvalue weighted by Gasteiger charge is 2.15. The minimum atomic E-state index is 0.153. The summed E-state index contributed by atoms with van der Waals surface area (Å²) in [5, 5.41) is 0.882. The number of carbonyl (C=O) groups is 1. The van der Waals surface area contributed by atoms with Gasteiger partial charge in [0, 0.05) is 21.6 Å². The Morgan fingerprint density at radius 3 is 2.32 bits per heavy atom. The summed E-state index contributed by atoms with van der Waals surface area (Å²) in [6, 6.07) is 17.9. The van der Waals surface area contributed by atoms with Crippen molar-refractivity contribution in [3.63, 3.8) is 0 Å². The molecule has 98 valence electrons. The Bertz CT molecular complexity index is 536. The zero-order chi connectivity index (χ0) is 13.7. The molecule has 0 bridgehead atoms. The van der Waals surface area contributed by atoms with Crippen molar-refractivity contribution in [1.29, 1.82) is 0 Å². The van der Waals surface area contributed by atoms with Crippen LogP contribution in [0.25, 0.3) is 0 Å². The molecule has 0 aromatic heterocycles. The molecule has 2 aromatic rings. The van der Waals surface area contributed by atoms with E-state index in [1.54, 1.807) is 18.7 Å². The molecular formula is C16H15ClOS. The second kappa shape index (κ2) is 6.78. The number of Topliss-reactive ketones (excluding diaryl/α,β-unsaturated/α-hetero) is 1. The molecule has 0 aliphatic heterocycles. The summed E-state index contributed by atoms with van der Waals surface area (Å²) in [7, 11) is 0. The van der Waals surface area contributed by atoms with Crippen LogP contribution >= 0.6 is 23.4 Å². The van der Waals surface area contributed by atoms with Gasteiger partial charge in [0.15, 0.2) is 0 Å². The van der Waals surface area contributed by atoms with E-state index >= 15 is 0 Å². The molecule has 2 rings (SSSR count). The molecule has 0 heterocycles. The zero-order valence-corrected chi connectivity index (χ0v) is 12.2. The molecule has 0 amide bonds. The molecule has 1 atom stereocenters. The Morgan fingerprint density at radius 2 is 1.74 bits per heavy atom. The van der Waals surface area contributed by atoms with Gasteiger partial charge in [-0.3, -0.25) is 4.79 Å². The van der Waals surface area contributed by atoms with Gasteiger partial charge in [-0.05, 0) is 36.8 Å². The fourth-order valence-corrected chi connectivity index (χ4v) is 3.19. The van der Waals surface area contributed by atoms with E-state index in [-0.39, 0.29) is 11.0 Å². The molecule has 0 aliphatic rings. The highest BCUT2D eigenvalue weighted by Crippen LogP contribution is 2.38. The maximum Gasteiger partial charge on any atom is 0.131 e. The number of thioether (sulfide) groups is 1. The van der Waals surface area contributed by atoms with Crippen LogP contribution in [0, 0.1) is 0 Å². The molecule has 0 aliphatic carbocycles. The van der Waals surface area contributed by atoms with E-state index in [4.69, 9.17) is 11.6 Å². The zero-order valence-electron chi connectivity index (χ0n) is 10.7. The third-order valence-corrected chi connectivity index (χ3v) is 4.26. The Labute approximate surface area is 123 Å². The van der Waals surface area contributed by atoms with Gasteiger partial charge < -0.3 is 0 Å². The summed E-state index contributed by atoms with van der Waals surface area (Å²) in [4.78, 5) is 12.6. The van der Waals surface area contributed by atoms with Crippen LogP contribution in [0.15, 0.2) is 59.5 Å². The van der Waals surface area contributed by atoms with Crippen molar-refractivity contribution in [1.82, 2.24) is 0 Å². The van der Waals surface area contributed by atoms with Crippen LogP contribution in [-0.4, -0.2) is 5.78 Å². The van der Waals surface area contributed by atoms with Crippen molar-refractivity contribution in [2.45, 2.75) is 23.5 Å². The largest absolute Gasteiger partial charge is 0.300 e. The fourth-order valence-electron chi connectivity index (χ4n) is 1.83. The third-order valence-electron chi connectivity index (χ3n) is 2.74. The summed E-state index contributed by atoms with van der Waals surface area (Å²) < 4.78 is 0. The monoisotopic (exact) mass is 290 g/mol. The standard InChI is InChI=1S/C16H15ClOS/c1-12(18)11-16(13-5-3-2-4-6-13)19-15-9-7-14(17)8-10-15/h2-10,16H,11H2,1H3/t16-/m1/s1. The van der Waals surface area contributed by atoms with Crippen LogP contribution in [0.2, 0.25) is 5.02 Å². The molecule has 3 heteroatoms. The quantitative estimate of drug-likeness (QED) is 0.708. The highest BCUT2D eigenvalue weighted by atomic mass is 35.5. The average Bonchev–Trinajstić information content (AvgIpc) is 2.41. The van der Waals surface area contributed by atoms with E-state index in [0.29, 0.717) is 6.42 Å². The van der Waals surface area contributed by atoms with Gasteiger partial charge in [0.1, 0.15) is 5.78 Å². The predicted molar refractivity (Wildman–Crippen MR) is 81.8 cm³/mol. The minimum absolute atomic E-state index is 0.153. The second-order valence-corrected chi connectivity index (χ2v) is 6.09. The normalized spacial score (nSPS) is 12.1. The second-order valence-electron chi connectivity index (χ2n) is 4.38. The third kappa shape index (κ3) is 4.41. The van der Waals surface area contributed by atoms with Gasteiger partial charge in [0.25, 0.3) is 0 Å². The summed E-state index contributed by atoms with van der Waals surface area (Å²) in [5.74, 6) is 0.204. The molecule has 0 N–H and O–H groups in total. The lowest BCUT2D eigenvalue weighted by atomic mass is 10.1. The van der Waals surface area contributed by atoms with Gasteiger partial charge in [0.2, 0.25) is 0 Å². The summed E-state index contributed by atoms with van der Waals surface area (Å²) >= 11 is 7.59. The lowest BCUT2D eigenvalue weighted by Gasteiger charge is -2.15. The lowest BCUT2D eigenvalue weighted by molar-refractivity contribution is -0.117. The van der Waals surface area contributed by atoms with E-state index in [1.165, 1.54) is 5.56 Å². The molecule has 2 aromatic carbocycles. The summed E-state index contributed by atoms with van der Waals surface area (Å²) in [6.45, 7) is 1.64. The number of rotatable bonds is 5. The maximum atomic E-state index is 11.4. The maximum absolute atomic E-state index is 11.4.